The Hall–Kier alpha value is -2.73. The Morgan fingerprint density at radius 1 is 1.10 bits per heavy atom. The Labute approximate surface area is 171 Å². The molecular formula is C23H28FN3O2. The van der Waals surface area contributed by atoms with E-state index in [2.05, 4.69) is 34.6 Å². The van der Waals surface area contributed by atoms with Gasteiger partial charge in [0, 0.05) is 31.7 Å². The van der Waals surface area contributed by atoms with Gasteiger partial charge in [0.15, 0.2) is 0 Å². The van der Waals surface area contributed by atoms with E-state index in [0.29, 0.717) is 18.3 Å². The molecule has 6 heteroatoms. The van der Waals surface area contributed by atoms with E-state index >= 15 is 0 Å². The average Bonchev–Trinajstić information content (AvgIpc) is 2.70. The Kier molecular flexibility index (Phi) is 6.99. The van der Waals surface area contributed by atoms with Gasteiger partial charge in [0.1, 0.15) is 5.82 Å². The fourth-order valence-corrected chi connectivity index (χ4v) is 3.65. The molecule has 154 valence electrons. The van der Waals surface area contributed by atoms with Crippen molar-refractivity contribution in [2.24, 2.45) is 0 Å². The molecule has 3 rings (SSSR count). The van der Waals surface area contributed by atoms with Crippen molar-refractivity contribution < 1.29 is 14.0 Å². The minimum absolute atomic E-state index is 0.0908. The van der Waals surface area contributed by atoms with Crippen molar-refractivity contribution in [3.63, 3.8) is 0 Å². The van der Waals surface area contributed by atoms with Gasteiger partial charge in [-0.3, -0.25) is 14.5 Å². The van der Waals surface area contributed by atoms with E-state index in [-0.39, 0.29) is 11.5 Å². The maximum atomic E-state index is 14.0. The summed E-state index contributed by atoms with van der Waals surface area (Å²) < 4.78 is 14.0. The smallest absolute Gasteiger partial charge is 0.254 e. The lowest BCUT2D eigenvalue weighted by molar-refractivity contribution is -0.114. The second kappa shape index (κ2) is 9.65. The maximum Gasteiger partial charge on any atom is 0.254 e. The number of piperidine rings is 1. The third-order valence-electron chi connectivity index (χ3n) is 5.33. The first-order chi connectivity index (χ1) is 13.9. The molecule has 2 aromatic rings. The van der Waals surface area contributed by atoms with Gasteiger partial charge in [-0.2, -0.15) is 0 Å². The van der Waals surface area contributed by atoms with Gasteiger partial charge in [0.2, 0.25) is 5.91 Å². The van der Waals surface area contributed by atoms with Crippen LogP contribution in [0.4, 0.5) is 10.1 Å². The predicted molar refractivity (Wildman–Crippen MR) is 112 cm³/mol. The number of hydrogen-bond acceptors (Lipinski definition) is 3. The van der Waals surface area contributed by atoms with Gasteiger partial charge in [-0.1, -0.05) is 30.7 Å². The van der Waals surface area contributed by atoms with Crippen molar-refractivity contribution in [3.05, 3.63) is 65.0 Å². The number of benzene rings is 2. The zero-order valence-corrected chi connectivity index (χ0v) is 17.0. The lowest BCUT2D eigenvalue weighted by Crippen LogP contribution is -2.36. The van der Waals surface area contributed by atoms with Crippen LogP contribution in [0.2, 0.25) is 0 Å². The molecule has 29 heavy (non-hydrogen) atoms. The lowest BCUT2D eigenvalue weighted by atomic mass is 10.0. The van der Waals surface area contributed by atoms with Crippen molar-refractivity contribution in [1.82, 2.24) is 10.2 Å². The molecule has 2 amide bonds. The molecule has 2 N–H and O–H groups in total. The van der Waals surface area contributed by atoms with E-state index in [1.54, 1.807) is 0 Å². The van der Waals surface area contributed by atoms with Gasteiger partial charge in [-0.05, 0) is 55.6 Å². The van der Waals surface area contributed by atoms with Crippen molar-refractivity contribution in [2.45, 2.75) is 52.2 Å². The molecular weight excluding hydrogens is 369 g/mol. The van der Waals surface area contributed by atoms with Crippen molar-refractivity contribution in [2.75, 3.05) is 11.9 Å². The highest BCUT2D eigenvalue weighted by Gasteiger charge is 2.18. The number of anilines is 1. The molecule has 2 aromatic carbocycles. The Balaban J connectivity index is 1.57. The van der Waals surface area contributed by atoms with Gasteiger partial charge in [-0.25, -0.2) is 4.39 Å². The summed E-state index contributed by atoms with van der Waals surface area (Å²) >= 11 is 0. The Morgan fingerprint density at radius 3 is 2.52 bits per heavy atom. The number of nitrogens with one attached hydrogen (secondary N) is 2. The SMILES string of the molecule is CC(=O)Nc1ccc(F)c(C(=O)NCc2ccc(CN3CCCCC3C)cc2)c1. The summed E-state index contributed by atoms with van der Waals surface area (Å²) in [5.74, 6) is -1.41. The lowest BCUT2D eigenvalue weighted by Gasteiger charge is -2.33. The Bertz CT molecular complexity index is 867. The van der Waals surface area contributed by atoms with Gasteiger partial charge < -0.3 is 10.6 Å². The van der Waals surface area contributed by atoms with E-state index in [1.165, 1.54) is 49.9 Å². The van der Waals surface area contributed by atoms with Crippen LogP contribution in [0.3, 0.4) is 0 Å². The average molecular weight is 397 g/mol. The molecule has 1 aliphatic rings. The fourth-order valence-electron chi connectivity index (χ4n) is 3.65. The first-order valence-corrected chi connectivity index (χ1v) is 10.1. The van der Waals surface area contributed by atoms with E-state index in [4.69, 9.17) is 0 Å². The number of halogens is 1. The summed E-state index contributed by atoms with van der Waals surface area (Å²) in [6.45, 7) is 6.03. The van der Waals surface area contributed by atoms with Crippen molar-refractivity contribution >= 4 is 17.5 Å². The predicted octanol–water partition coefficient (Wildman–Crippen LogP) is 4.09. The fraction of sp³-hybridized carbons (Fsp3) is 0.391. The van der Waals surface area contributed by atoms with Crippen LogP contribution < -0.4 is 10.6 Å². The van der Waals surface area contributed by atoms with Crippen LogP contribution in [0, 0.1) is 5.82 Å². The summed E-state index contributed by atoms with van der Waals surface area (Å²) in [5.41, 5.74) is 2.50. The van der Waals surface area contributed by atoms with E-state index < -0.39 is 11.7 Å². The highest BCUT2D eigenvalue weighted by molar-refractivity contribution is 5.97. The molecule has 1 aliphatic heterocycles. The highest BCUT2D eigenvalue weighted by atomic mass is 19.1. The number of carbonyl (C=O) groups is 2. The quantitative estimate of drug-likeness (QED) is 0.772. The molecule has 0 aliphatic carbocycles. The molecule has 0 bridgehead atoms. The number of amides is 2. The first kappa shape index (κ1) is 21.0. The number of likely N-dealkylation sites (tertiary alicyclic amines) is 1. The van der Waals surface area contributed by atoms with Crippen LogP contribution in [0.5, 0.6) is 0 Å². The van der Waals surface area contributed by atoms with Crippen LogP contribution in [-0.4, -0.2) is 29.3 Å². The number of rotatable bonds is 6. The monoisotopic (exact) mass is 397 g/mol. The molecule has 1 heterocycles. The summed E-state index contributed by atoms with van der Waals surface area (Å²) in [6, 6.07) is 12.7. The van der Waals surface area contributed by atoms with Crippen LogP contribution in [0.25, 0.3) is 0 Å². The number of hydrogen-bond donors (Lipinski definition) is 2. The van der Waals surface area contributed by atoms with Gasteiger partial charge in [0.25, 0.3) is 5.91 Å². The van der Waals surface area contributed by atoms with Gasteiger partial charge in [0.05, 0.1) is 5.56 Å². The molecule has 0 radical (unpaired) electrons. The molecule has 1 fully saturated rings. The topological polar surface area (TPSA) is 61.4 Å². The van der Waals surface area contributed by atoms with Crippen LogP contribution in [0.1, 0.15) is 54.6 Å². The van der Waals surface area contributed by atoms with Crippen LogP contribution in [-0.2, 0) is 17.9 Å². The summed E-state index contributed by atoms with van der Waals surface area (Å²) in [5, 5.41) is 5.30. The summed E-state index contributed by atoms with van der Waals surface area (Å²) in [7, 11) is 0. The van der Waals surface area contributed by atoms with Gasteiger partial charge in [-0.15, -0.1) is 0 Å². The molecule has 1 unspecified atom stereocenters. The third-order valence-corrected chi connectivity index (χ3v) is 5.33. The Morgan fingerprint density at radius 2 is 1.83 bits per heavy atom. The van der Waals surface area contributed by atoms with E-state index in [9.17, 15) is 14.0 Å². The maximum absolute atomic E-state index is 14.0. The molecule has 1 saturated heterocycles. The van der Waals surface area contributed by atoms with Crippen LogP contribution in [0.15, 0.2) is 42.5 Å². The van der Waals surface area contributed by atoms with Gasteiger partial charge >= 0.3 is 0 Å². The number of carbonyl (C=O) groups excluding carboxylic acids is 2. The second-order valence-corrected chi connectivity index (χ2v) is 7.69. The molecule has 1 atom stereocenters. The zero-order valence-electron chi connectivity index (χ0n) is 17.0. The molecule has 0 spiro atoms. The van der Waals surface area contributed by atoms with Crippen molar-refractivity contribution in [3.8, 4) is 0 Å². The summed E-state index contributed by atoms with van der Waals surface area (Å²) in [4.78, 5) is 26.0. The third kappa shape index (κ3) is 5.87. The normalized spacial score (nSPS) is 17.0. The first-order valence-electron chi connectivity index (χ1n) is 10.1. The summed E-state index contributed by atoms with van der Waals surface area (Å²) in [6.07, 6.45) is 3.82. The minimum atomic E-state index is -0.623. The van der Waals surface area contributed by atoms with Crippen molar-refractivity contribution in [1.29, 1.82) is 0 Å². The largest absolute Gasteiger partial charge is 0.348 e. The minimum Gasteiger partial charge on any atom is -0.348 e. The molecule has 0 aromatic heterocycles. The zero-order chi connectivity index (χ0) is 20.8. The number of nitrogens with zero attached hydrogens (tertiary/aromatic N) is 1. The van der Waals surface area contributed by atoms with Crippen LogP contribution >= 0.6 is 0 Å². The second-order valence-electron chi connectivity index (χ2n) is 7.69. The molecule has 0 saturated carbocycles. The van der Waals surface area contributed by atoms with E-state index in [1.807, 2.05) is 12.1 Å². The highest BCUT2D eigenvalue weighted by Crippen LogP contribution is 2.19. The molecule has 5 nitrogen and oxygen atoms in total. The van der Waals surface area contributed by atoms with E-state index in [0.717, 1.165) is 18.7 Å². The standard InChI is InChI=1S/C23H28FN3O2/c1-16-5-3-4-12-27(16)15-19-8-6-18(7-9-19)14-25-23(29)21-13-20(26-17(2)28)10-11-22(21)24/h6-11,13,16H,3-5,12,14-15H2,1-2H3,(H,25,29)(H,26,28).